The number of nitrogens with one attached hydrogen (secondary N) is 1. The Hall–Kier alpha value is -1.82. The summed E-state index contributed by atoms with van der Waals surface area (Å²) in [6.45, 7) is 2.21. The number of halogens is 1. The molecule has 0 bridgehead atoms. The number of nitrogens with zero attached hydrogens (tertiary/aromatic N) is 3. The first-order valence-electron chi connectivity index (χ1n) is 5.31. The third-order valence-electron chi connectivity index (χ3n) is 2.23. The van der Waals surface area contributed by atoms with Crippen LogP contribution in [0.4, 0.5) is 0 Å². The maximum atomic E-state index is 11.8. The van der Waals surface area contributed by atoms with Gasteiger partial charge >= 0.3 is 0 Å². The van der Waals surface area contributed by atoms with Gasteiger partial charge in [-0.3, -0.25) is 19.7 Å². The summed E-state index contributed by atoms with van der Waals surface area (Å²) >= 11 is 3.27. The average molecular weight is 307 g/mol. The zero-order valence-corrected chi connectivity index (χ0v) is 11.3. The van der Waals surface area contributed by atoms with Crippen LogP contribution in [0.2, 0.25) is 0 Å². The van der Waals surface area contributed by atoms with Crippen molar-refractivity contribution < 1.29 is 4.79 Å². The van der Waals surface area contributed by atoms with Crippen LogP contribution in [0.15, 0.2) is 35.3 Å². The molecule has 92 valence electrons. The summed E-state index contributed by atoms with van der Waals surface area (Å²) in [6, 6.07) is 1.71. The van der Waals surface area contributed by atoms with Gasteiger partial charge in [0, 0.05) is 23.1 Å². The van der Waals surface area contributed by atoms with E-state index in [1.54, 1.807) is 24.7 Å². The highest BCUT2D eigenvalue weighted by Gasteiger charge is 2.06. The smallest absolute Gasteiger partial charge is 0.253 e. The highest BCUT2D eigenvalue weighted by atomic mass is 79.9. The van der Waals surface area contributed by atoms with Gasteiger partial charge in [0.05, 0.1) is 29.7 Å². The van der Waals surface area contributed by atoms with Crippen molar-refractivity contribution in [2.45, 2.75) is 13.5 Å². The van der Waals surface area contributed by atoms with Crippen molar-refractivity contribution in [2.75, 3.05) is 0 Å². The third-order valence-corrected chi connectivity index (χ3v) is 2.67. The number of hydrogen-bond acceptors (Lipinski definition) is 4. The van der Waals surface area contributed by atoms with E-state index in [2.05, 4.69) is 36.2 Å². The predicted octanol–water partition coefficient (Wildman–Crippen LogP) is 1.87. The molecule has 5 nitrogen and oxygen atoms in total. The SMILES string of the molecule is Cc1cnc(CNC(=O)c2cncc(Br)c2)cn1. The summed E-state index contributed by atoms with van der Waals surface area (Å²) in [5.74, 6) is -0.189. The van der Waals surface area contributed by atoms with Crippen molar-refractivity contribution >= 4 is 21.8 Å². The zero-order chi connectivity index (χ0) is 13.0. The quantitative estimate of drug-likeness (QED) is 0.940. The van der Waals surface area contributed by atoms with Crippen LogP contribution in [0.3, 0.4) is 0 Å². The van der Waals surface area contributed by atoms with Gasteiger partial charge in [0.1, 0.15) is 0 Å². The molecule has 0 aliphatic rings. The molecule has 0 aliphatic heterocycles. The number of carbonyl (C=O) groups is 1. The van der Waals surface area contributed by atoms with Crippen molar-refractivity contribution in [1.29, 1.82) is 0 Å². The Labute approximate surface area is 113 Å². The molecule has 0 atom stereocenters. The van der Waals surface area contributed by atoms with Crippen LogP contribution < -0.4 is 5.32 Å². The van der Waals surface area contributed by atoms with E-state index in [1.165, 1.54) is 6.20 Å². The fraction of sp³-hybridized carbons (Fsp3) is 0.167. The van der Waals surface area contributed by atoms with Crippen LogP contribution in [0, 0.1) is 6.92 Å². The molecular weight excluding hydrogens is 296 g/mol. The van der Waals surface area contributed by atoms with E-state index in [0.29, 0.717) is 12.1 Å². The van der Waals surface area contributed by atoms with Gasteiger partial charge in [0.2, 0.25) is 0 Å². The molecule has 0 radical (unpaired) electrons. The monoisotopic (exact) mass is 306 g/mol. The highest BCUT2D eigenvalue weighted by molar-refractivity contribution is 9.10. The van der Waals surface area contributed by atoms with Gasteiger partial charge in [-0.2, -0.15) is 0 Å². The molecule has 0 saturated heterocycles. The number of carbonyl (C=O) groups excluding carboxylic acids is 1. The Morgan fingerprint density at radius 1 is 1.28 bits per heavy atom. The first-order valence-corrected chi connectivity index (χ1v) is 6.11. The molecular formula is C12H11BrN4O. The molecule has 1 amide bonds. The van der Waals surface area contributed by atoms with Gasteiger partial charge in [-0.25, -0.2) is 0 Å². The molecule has 0 spiro atoms. The van der Waals surface area contributed by atoms with E-state index in [9.17, 15) is 4.79 Å². The van der Waals surface area contributed by atoms with Gasteiger partial charge in [-0.05, 0) is 28.9 Å². The number of amides is 1. The summed E-state index contributed by atoms with van der Waals surface area (Å²) in [7, 11) is 0. The zero-order valence-electron chi connectivity index (χ0n) is 9.72. The summed E-state index contributed by atoms with van der Waals surface area (Å²) in [6.07, 6.45) is 6.46. The topological polar surface area (TPSA) is 67.8 Å². The lowest BCUT2D eigenvalue weighted by molar-refractivity contribution is 0.0950. The van der Waals surface area contributed by atoms with E-state index in [0.717, 1.165) is 15.9 Å². The summed E-state index contributed by atoms with van der Waals surface area (Å²) in [5, 5.41) is 2.76. The fourth-order valence-electron chi connectivity index (χ4n) is 1.32. The van der Waals surface area contributed by atoms with Crippen molar-refractivity contribution in [3.63, 3.8) is 0 Å². The van der Waals surface area contributed by atoms with Crippen LogP contribution in [-0.2, 0) is 6.54 Å². The molecule has 0 unspecified atom stereocenters. The minimum absolute atomic E-state index is 0.189. The van der Waals surface area contributed by atoms with Crippen molar-refractivity contribution in [3.05, 3.63) is 52.3 Å². The van der Waals surface area contributed by atoms with Crippen LogP contribution in [0.1, 0.15) is 21.7 Å². The Morgan fingerprint density at radius 2 is 2.11 bits per heavy atom. The standard InChI is InChI=1S/C12H11BrN4O/c1-8-3-16-11(6-15-8)7-17-12(18)9-2-10(13)5-14-4-9/h2-6H,7H2,1H3,(H,17,18). The van der Waals surface area contributed by atoms with Gasteiger partial charge in [-0.15, -0.1) is 0 Å². The Morgan fingerprint density at radius 3 is 2.78 bits per heavy atom. The molecule has 0 aliphatic carbocycles. The van der Waals surface area contributed by atoms with E-state index in [1.807, 2.05) is 6.92 Å². The lowest BCUT2D eigenvalue weighted by atomic mass is 10.2. The van der Waals surface area contributed by atoms with E-state index in [4.69, 9.17) is 0 Å². The number of hydrogen-bond donors (Lipinski definition) is 1. The largest absolute Gasteiger partial charge is 0.346 e. The lowest BCUT2D eigenvalue weighted by Crippen LogP contribution is -2.23. The Bertz CT molecular complexity index is 556. The van der Waals surface area contributed by atoms with Crippen LogP contribution in [0.5, 0.6) is 0 Å². The second-order valence-corrected chi connectivity index (χ2v) is 4.64. The summed E-state index contributed by atoms with van der Waals surface area (Å²) in [5.41, 5.74) is 2.07. The van der Waals surface area contributed by atoms with E-state index >= 15 is 0 Å². The summed E-state index contributed by atoms with van der Waals surface area (Å²) in [4.78, 5) is 24.0. The van der Waals surface area contributed by atoms with Crippen molar-refractivity contribution in [2.24, 2.45) is 0 Å². The first kappa shape index (κ1) is 12.6. The molecule has 2 aromatic heterocycles. The maximum Gasteiger partial charge on any atom is 0.253 e. The molecule has 0 aromatic carbocycles. The van der Waals surface area contributed by atoms with Crippen molar-refractivity contribution in [1.82, 2.24) is 20.3 Å². The first-order chi connectivity index (χ1) is 8.65. The molecule has 2 rings (SSSR count). The van der Waals surface area contributed by atoms with Crippen LogP contribution >= 0.6 is 15.9 Å². The van der Waals surface area contributed by atoms with Gasteiger partial charge < -0.3 is 5.32 Å². The number of pyridine rings is 1. The van der Waals surface area contributed by atoms with Gasteiger partial charge in [0.25, 0.3) is 5.91 Å². The minimum Gasteiger partial charge on any atom is -0.346 e. The highest BCUT2D eigenvalue weighted by Crippen LogP contribution is 2.09. The molecule has 1 N–H and O–H groups in total. The molecule has 2 aromatic rings. The molecule has 0 saturated carbocycles. The molecule has 2 heterocycles. The summed E-state index contributed by atoms with van der Waals surface area (Å²) < 4.78 is 0.769. The normalized spacial score (nSPS) is 10.1. The van der Waals surface area contributed by atoms with Crippen molar-refractivity contribution in [3.8, 4) is 0 Å². The minimum atomic E-state index is -0.189. The number of aryl methyl sites for hydroxylation is 1. The Kier molecular flexibility index (Phi) is 3.99. The average Bonchev–Trinajstić information content (AvgIpc) is 2.38. The molecule has 18 heavy (non-hydrogen) atoms. The maximum absolute atomic E-state index is 11.8. The van der Waals surface area contributed by atoms with Crippen LogP contribution in [0.25, 0.3) is 0 Å². The molecule has 0 fully saturated rings. The predicted molar refractivity (Wildman–Crippen MR) is 69.9 cm³/mol. The van der Waals surface area contributed by atoms with Gasteiger partial charge in [0.15, 0.2) is 0 Å². The second kappa shape index (κ2) is 5.68. The lowest BCUT2D eigenvalue weighted by Gasteiger charge is -2.04. The number of aromatic nitrogens is 3. The van der Waals surface area contributed by atoms with E-state index < -0.39 is 0 Å². The van der Waals surface area contributed by atoms with E-state index in [-0.39, 0.29) is 5.91 Å². The Balaban J connectivity index is 1.98. The third kappa shape index (κ3) is 3.33. The van der Waals surface area contributed by atoms with Crippen LogP contribution in [-0.4, -0.2) is 20.9 Å². The van der Waals surface area contributed by atoms with Gasteiger partial charge in [-0.1, -0.05) is 0 Å². The number of rotatable bonds is 3. The molecule has 6 heteroatoms. The fourth-order valence-corrected chi connectivity index (χ4v) is 1.68. The second-order valence-electron chi connectivity index (χ2n) is 3.72.